The Morgan fingerprint density at radius 1 is 1.23 bits per heavy atom. The van der Waals surface area contributed by atoms with E-state index in [1.165, 1.54) is 12.1 Å². The van der Waals surface area contributed by atoms with E-state index >= 15 is 0 Å². The lowest BCUT2D eigenvalue weighted by molar-refractivity contribution is -0.126. The van der Waals surface area contributed by atoms with E-state index in [4.69, 9.17) is 4.74 Å². The third kappa shape index (κ3) is 3.27. The smallest absolute Gasteiger partial charge is 0.228 e. The number of benzene rings is 2. The van der Waals surface area contributed by atoms with Crippen molar-refractivity contribution in [3.63, 3.8) is 0 Å². The molecule has 2 aromatic carbocycles. The summed E-state index contributed by atoms with van der Waals surface area (Å²) >= 11 is 0. The van der Waals surface area contributed by atoms with Crippen LogP contribution in [0, 0.1) is 11.7 Å². The maximum atomic E-state index is 13.4. The molecule has 5 nitrogen and oxygen atoms in total. The molecule has 4 rings (SSSR count). The number of carbonyl (C=O) groups excluding carboxylic acids is 2. The van der Waals surface area contributed by atoms with Gasteiger partial charge in [-0.15, -0.1) is 0 Å². The fourth-order valence-corrected chi connectivity index (χ4v) is 3.56. The number of fused-ring (bicyclic) bond motifs is 2. The van der Waals surface area contributed by atoms with E-state index in [1.807, 2.05) is 24.3 Å². The van der Waals surface area contributed by atoms with Gasteiger partial charge in [-0.1, -0.05) is 24.3 Å². The Kier molecular flexibility index (Phi) is 4.32. The quantitative estimate of drug-likeness (QED) is 0.890. The van der Waals surface area contributed by atoms with Crippen LogP contribution in [0.4, 0.5) is 10.1 Å². The molecule has 2 aliphatic rings. The maximum Gasteiger partial charge on any atom is 0.228 e. The number of carbonyl (C=O) groups is 2. The molecule has 0 saturated heterocycles. The molecule has 0 saturated carbocycles. The third-order valence-corrected chi connectivity index (χ3v) is 4.89. The van der Waals surface area contributed by atoms with E-state index < -0.39 is 11.7 Å². The fourth-order valence-electron chi connectivity index (χ4n) is 3.56. The summed E-state index contributed by atoms with van der Waals surface area (Å²) in [5.41, 5.74) is 2.15. The first-order valence-corrected chi connectivity index (χ1v) is 8.68. The summed E-state index contributed by atoms with van der Waals surface area (Å²) in [5, 5.41) is 5.56. The van der Waals surface area contributed by atoms with Crippen LogP contribution < -0.4 is 15.4 Å². The van der Waals surface area contributed by atoms with Gasteiger partial charge in [0.05, 0.1) is 12.5 Å². The number of hydrogen-bond donors (Lipinski definition) is 2. The number of nitrogens with one attached hydrogen (secondary N) is 2. The van der Waals surface area contributed by atoms with Crippen molar-refractivity contribution < 1.29 is 18.7 Å². The summed E-state index contributed by atoms with van der Waals surface area (Å²) < 4.78 is 19.1. The summed E-state index contributed by atoms with van der Waals surface area (Å²) in [5.74, 6) is -0.460. The number of halogens is 1. The van der Waals surface area contributed by atoms with Crippen LogP contribution in [0.25, 0.3) is 0 Å². The number of rotatable bonds is 3. The Morgan fingerprint density at radius 3 is 2.96 bits per heavy atom. The molecule has 2 unspecified atom stereocenters. The minimum atomic E-state index is -0.601. The Hall–Kier alpha value is -2.89. The van der Waals surface area contributed by atoms with Crippen LogP contribution in [-0.2, 0) is 16.0 Å². The van der Waals surface area contributed by atoms with E-state index in [9.17, 15) is 14.0 Å². The van der Waals surface area contributed by atoms with Crippen molar-refractivity contribution in [1.82, 2.24) is 5.32 Å². The molecule has 26 heavy (non-hydrogen) atoms. The average molecular weight is 354 g/mol. The number of anilines is 1. The second kappa shape index (κ2) is 6.78. The highest BCUT2D eigenvalue weighted by Gasteiger charge is 2.31. The first-order chi connectivity index (χ1) is 12.6. The molecule has 2 aromatic rings. The van der Waals surface area contributed by atoms with Gasteiger partial charge >= 0.3 is 0 Å². The van der Waals surface area contributed by atoms with Crippen molar-refractivity contribution in [1.29, 1.82) is 0 Å². The summed E-state index contributed by atoms with van der Waals surface area (Å²) in [6, 6.07) is 12.0. The molecule has 6 heteroatoms. The molecule has 2 aliphatic heterocycles. The molecule has 134 valence electrons. The minimum absolute atomic E-state index is 0.0640. The van der Waals surface area contributed by atoms with Crippen molar-refractivity contribution in [3.05, 3.63) is 59.4 Å². The SMILES string of the molecule is O=C1CC(C(=O)NCC2COc3ccccc3C2)c2ccc(F)cc2N1. The topological polar surface area (TPSA) is 67.4 Å². The molecular weight excluding hydrogens is 335 g/mol. The average Bonchev–Trinajstić information content (AvgIpc) is 2.65. The van der Waals surface area contributed by atoms with Gasteiger partial charge in [-0.25, -0.2) is 4.39 Å². The van der Waals surface area contributed by atoms with E-state index in [-0.39, 0.29) is 24.2 Å². The highest BCUT2D eigenvalue weighted by Crippen LogP contribution is 2.33. The highest BCUT2D eigenvalue weighted by atomic mass is 19.1. The molecule has 2 atom stereocenters. The van der Waals surface area contributed by atoms with E-state index in [2.05, 4.69) is 10.6 Å². The van der Waals surface area contributed by atoms with E-state index in [0.717, 1.165) is 17.7 Å². The van der Waals surface area contributed by atoms with Crippen molar-refractivity contribution >= 4 is 17.5 Å². The molecule has 0 aromatic heterocycles. The lowest BCUT2D eigenvalue weighted by atomic mass is 9.89. The molecule has 0 aliphatic carbocycles. The van der Waals surface area contributed by atoms with Gasteiger partial charge in [0.1, 0.15) is 11.6 Å². The fraction of sp³-hybridized carbons (Fsp3) is 0.300. The molecule has 2 amide bonds. The second-order valence-corrected chi connectivity index (χ2v) is 6.77. The second-order valence-electron chi connectivity index (χ2n) is 6.77. The Balaban J connectivity index is 1.42. The van der Waals surface area contributed by atoms with Crippen LogP contribution in [-0.4, -0.2) is 25.0 Å². The predicted octanol–water partition coefficient (Wildman–Crippen LogP) is 2.62. The molecule has 0 fully saturated rings. The zero-order valence-corrected chi connectivity index (χ0v) is 14.1. The molecule has 2 N–H and O–H groups in total. The zero-order chi connectivity index (χ0) is 18.1. The van der Waals surface area contributed by atoms with Crippen molar-refractivity contribution in [2.75, 3.05) is 18.5 Å². The Bertz CT molecular complexity index is 868. The van der Waals surface area contributed by atoms with Gasteiger partial charge in [-0.05, 0) is 35.7 Å². The van der Waals surface area contributed by atoms with Crippen LogP contribution in [0.15, 0.2) is 42.5 Å². The summed E-state index contributed by atoms with van der Waals surface area (Å²) in [7, 11) is 0. The number of amides is 2. The normalized spacial score (nSPS) is 21.0. The van der Waals surface area contributed by atoms with Crippen LogP contribution in [0.2, 0.25) is 0 Å². The lowest BCUT2D eigenvalue weighted by Gasteiger charge is -2.28. The number of hydrogen-bond acceptors (Lipinski definition) is 3. The van der Waals surface area contributed by atoms with Gasteiger partial charge in [0.25, 0.3) is 0 Å². The van der Waals surface area contributed by atoms with Crippen molar-refractivity contribution in [2.24, 2.45) is 5.92 Å². The van der Waals surface area contributed by atoms with Gasteiger partial charge in [-0.2, -0.15) is 0 Å². The third-order valence-electron chi connectivity index (χ3n) is 4.89. The van der Waals surface area contributed by atoms with Crippen molar-refractivity contribution in [3.8, 4) is 5.75 Å². The summed E-state index contributed by atoms with van der Waals surface area (Å²) in [6.45, 7) is 1.02. The minimum Gasteiger partial charge on any atom is -0.493 e. The van der Waals surface area contributed by atoms with Crippen molar-refractivity contribution in [2.45, 2.75) is 18.8 Å². The van der Waals surface area contributed by atoms with E-state index in [1.54, 1.807) is 6.07 Å². The molecule has 0 bridgehead atoms. The number of para-hydroxylation sites is 1. The molecule has 0 radical (unpaired) electrons. The first-order valence-electron chi connectivity index (χ1n) is 8.68. The van der Waals surface area contributed by atoms with Gasteiger partial charge in [0, 0.05) is 24.6 Å². The molecule has 2 heterocycles. The monoisotopic (exact) mass is 354 g/mol. The van der Waals surface area contributed by atoms with Crippen LogP contribution in [0.5, 0.6) is 5.75 Å². The van der Waals surface area contributed by atoms with Crippen LogP contribution in [0.3, 0.4) is 0 Å². The van der Waals surface area contributed by atoms with Crippen LogP contribution in [0.1, 0.15) is 23.5 Å². The largest absolute Gasteiger partial charge is 0.493 e. The first kappa shape index (κ1) is 16.6. The lowest BCUT2D eigenvalue weighted by Crippen LogP contribution is -2.39. The molecular formula is C20H19FN2O3. The standard InChI is InChI=1S/C20H19FN2O3/c21-14-5-6-15-16(9-19(24)23-17(15)8-14)20(25)22-10-12-7-13-3-1-2-4-18(13)26-11-12/h1-6,8,12,16H,7,9-11H2,(H,22,25)(H,23,24). The zero-order valence-electron chi connectivity index (χ0n) is 14.1. The maximum absolute atomic E-state index is 13.4. The Labute approximate surface area is 150 Å². The number of ether oxygens (including phenoxy) is 1. The van der Waals surface area contributed by atoms with E-state index in [0.29, 0.717) is 24.4 Å². The van der Waals surface area contributed by atoms with Gasteiger partial charge < -0.3 is 15.4 Å². The summed E-state index contributed by atoms with van der Waals surface area (Å²) in [4.78, 5) is 24.5. The Morgan fingerprint density at radius 2 is 2.08 bits per heavy atom. The highest BCUT2D eigenvalue weighted by molar-refractivity contribution is 6.01. The van der Waals surface area contributed by atoms with Gasteiger partial charge in [-0.3, -0.25) is 9.59 Å². The molecule has 0 spiro atoms. The van der Waals surface area contributed by atoms with Gasteiger partial charge in [0.15, 0.2) is 0 Å². The summed E-state index contributed by atoms with van der Waals surface area (Å²) in [6.07, 6.45) is 0.901. The van der Waals surface area contributed by atoms with Crippen LogP contribution >= 0.6 is 0 Å². The predicted molar refractivity (Wildman–Crippen MR) is 94.5 cm³/mol. The van der Waals surface area contributed by atoms with Gasteiger partial charge in [0.2, 0.25) is 11.8 Å².